The fourth-order valence-corrected chi connectivity index (χ4v) is 9.05. The second-order valence-electron chi connectivity index (χ2n) is 12.8. The topological polar surface area (TPSA) is 43.7 Å². The summed E-state index contributed by atoms with van der Waals surface area (Å²) in [6, 6.07) is 0. The zero-order chi connectivity index (χ0) is 21.8. The van der Waals surface area contributed by atoms with E-state index in [4.69, 9.17) is 0 Å². The number of aliphatic hydroxyl groups excluding tert-OH is 2. The molecule has 30 heavy (non-hydrogen) atoms. The molecule has 0 aromatic rings. The van der Waals surface area contributed by atoms with Crippen molar-refractivity contribution in [3.63, 3.8) is 0 Å². The predicted octanol–water partition coefficient (Wildman–Crippen LogP) is 5.34. The van der Waals surface area contributed by atoms with Crippen molar-refractivity contribution >= 4 is 0 Å². The molecule has 0 aromatic carbocycles. The third-order valence-electron chi connectivity index (χ3n) is 11.0. The second-order valence-corrected chi connectivity index (χ2v) is 12.8. The molecule has 3 unspecified atom stereocenters. The fraction of sp³-hybridized carbons (Fsp3) is 1.00. The zero-order valence-electron chi connectivity index (χ0n) is 20.6. The van der Waals surface area contributed by atoms with Crippen LogP contribution in [-0.2, 0) is 0 Å². The van der Waals surface area contributed by atoms with Gasteiger partial charge in [0.25, 0.3) is 0 Å². The maximum Gasteiger partial charge on any atom is 0.0577 e. The predicted molar refractivity (Wildman–Crippen MR) is 124 cm³/mol. The first-order valence-corrected chi connectivity index (χ1v) is 13.2. The molecule has 1 heterocycles. The molecule has 3 heteroatoms. The van der Waals surface area contributed by atoms with E-state index in [9.17, 15) is 10.2 Å². The number of piperidine rings is 1. The molecule has 0 bridgehead atoms. The molecule has 2 N–H and O–H groups in total. The minimum Gasteiger partial charge on any atom is -0.393 e. The SMILES string of the molecule is CC(C)CCC[C@@H](C)[C@H]1CCC2C3C(CN(C)[C@@]21C)[C@@]1(C)CC[C@@H](O)C[C@H]1C[C@H]3O. The lowest BCUT2D eigenvalue weighted by Gasteiger charge is -2.65. The molecule has 1 aliphatic heterocycles. The van der Waals surface area contributed by atoms with Gasteiger partial charge in [-0.25, -0.2) is 0 Å². The minimum absolute atomic E-state index is 0.152. The molecule has 174 valence electrons. The van der Waals surface area contributed by atoms with Gasteiger partial charge in [-0.15, -0.1) is 0 Å². The number of fused-ring (bicyclic) bond motifs is 5. The zero-order valence-corrected chi connectivity index (χ0v) is 20.6. The molecule has 0 spiro atoms. The number of hydrogen-bond donors (Lipinski definition) is 2. The van der Waals surface area contributed by atoms with Crippen molar-refractivity contribution in [1.29, 1.82) is 0 Å². The Morgan fingerprint density at radius 1 is 0.967 bits per heavy atom. The number of aliphatic hydroxyl groups is 2. The summed E-state index contributed by atoms with van der Waals surface area (Å²) in [6.45, 7) is 13.4. The molecule has 3 aliphatic carbocycles. The number of nitrogens with zero attached hydrogens (tertiary/aromatic N) is 1. The van der Waals surface area contributed by atoms with Crippen LogP contribution < -0.4 is 0 Å². The number of likely N-dealkylation sites (tertiary alicyclic amines) is 1. The van der Waals surface area contributed by atoms with Gasteiger partial charge < -0.3 is 15.1 Å². The molecule has 3 nitrogen and oxygen atoms in total. The Labute approximate surface area is 186 Å². The summed E-state index contributed by atoms with van der Waals surface area (Å²) in [7, 11) is 2.39. The lowest BCUT2D eigenvalue weighted by Crippen LogP contribution is -2.68. The maximum absolute atomic E-state index is 11.4. The quantitative estimate of drug-likeness (QED) is 0.632. The van der Waals surface area contributed by atoms with Crippen LogP contribution in [0.1, 0.15) is 92.4 Å². The molecule has 3 saturated carbocycles. The third kappa shape index (κ3) is 3.59. The fourth-order valence-electron chi connectivity index (χ4n) is 9.05. The molecule has 1 saturated heterocycles. The molecule has 0 aromatic heterocycles. The Hall–Kier alpha value is -0.120. The highest BCUT2D eigenvalue weighted by Crippen LogP contribution is 2.64. The Morgan fingerprint density at radius 3 is 2.40 bits per heavy atom. The van der Waals surface area contributed by atoms with Crippen LogP contribution in [0.15, 0.2) is 0 Å². The molecule has 4 aliphatic rings. The van der Waals surface area contributed by atoms with E-state index >= 15 is 0 Å². The summed E-state index contributed by atoms with van der Waals surface area (Å²) in [5, 5.41) is 21.7. The monoisotopic (exact) mass is 419 g/mol. The molecule has 4 rings (SSSR count). The van der Waals surface area contributed by atoms with E-state index in [0.29, 0.717) is 29.1 Å². The van der Waals surface area contributed by atoms with Crippen LogP contribution in [0.5, 0.6) is 0 Å². The molecule has 0 radical (unpaired) electrons. The van der Waals surface area contributed by atoms with Crippen molar-refractivity contribution in [2.75, 3.05) is 13.6 Å². The van der Waals surface area contributed by atoms with E-state index in [1.165, 1.54) is 32.1 Å². The van der Waals surface area contributed by atoms with Gasteiger partial charge in [-0.05, 0) is 99.3 Å². The summed E-state index contributed by atoms with van der Waals surface area (Å²) in [5.41, 5.74) is 0.524. The van der Waals surface area contributed by atoms with Gasteiger partial charge in [0.2, 0.25) is 0 Å². The molecule has 0 amide bonds. The van der Waals surface area contributed by atoms with Crippen molar-refractivity contribution in [2.45, 2.75) is 110 Å². The van der Waals surface area contributed by atoms with E-state index in [1.54, 1.807) is 0 Å². The van der Waals surface area contributed by atoms with Gasteiger partial charge >= 0.3 is 0 Å². The van der Waals surface area contributed by atoms with Crippen LogP contribution >= 0.6 is 0 Å². The first-order chi connectivity index (χ1) is 14.1. The van der Waals surface area contributed by atoms with E-state index in [0.717, 1.165) is 50.0 Å². The van der Waals surface area contributed by atoms with Crippen molar-refractivity contribution in [1.82, 2.24) is 4.90 Å². The van der Waals surface area contributed by atoms with E-state index in [1.807, 2.05) is 0 Å². The third-order valence-corrected chi connectivity index (χ3v) is 11.0. The average Bonchev–Trinajstić information content (AvgIpc) is 3.02. The Morgan fingerprint density at radius 2 is 1.70 bits per heavy atom. The normalized spacial score (nSPS) is 50.1. The van der Waals surface area contributed by atoms with Crippen molar-refractivity contribution in [3.05, 3.63) is 0 Å². The highest BCUT2D eigenvalue weighted by molar-refractivity contribution is 5.15. The van der Waals surface area contributed by atoms with Crippen LogP contribution in [0.2, 0.25) is 0 Å². The van der Waals surface area contributed by atoms with Crippen LogP contribution in [0.3, 0.4) is 0 Å². The summed E-state index contributed by atoms with van der Waals surface area (Å²) >= 11 is 0. The summed E-state index contributed by atoms with van der Waals surface area (Å²) in [4.78, 5) is 2.74. The maximum atomic E-state index is 11.4. The highest BCUT2D eigenvalue weighted by atomic mass is 16.3. The van der Waals surface area contributed by atoms with Gasteiger partial charge in [0.05, 0.1) is 12.2 Å². The molecular formula is C27H49NO2. The largest absolute Gasteiger partial charge is 0.393 e. The summed E-state index contributed by atoms with van der Waals surface area (Å²) < 4.78 is 0. The highest BCUT2D eigenvalue weighted by Gasteiger charge is 2.64. The van der Waals surface area contributed by atoms with Crippen molar-refractivity contribution in [3.8, 4) is 0 Å². The number of hydrogen-bond acceptors (Lipinski definition) is 3. The second kappa shape index (κ2) is 8.34. The van der Waals surface area contributed by atoms with E-state index in [2.05, 4.69) is 46.6 Å². The Kier molecular flexibility index (Phi) is 6.41. The molecule has 10 atom stereocenters. The van der Waals surface area contributed by atoms with E-state index in [-0.39, 0.29) is 17.7 Å². The van der Waals surface area contributed by atoms with E-state index < -0.39 is 0 Å². The van der Waals surface area contributed by atoms with Crippen LogP contribution in [0.4, 0.5) is 0 Å². The van der Waals surface area contributed by atoms with Gasteiger partial charge in [-0.1, -0.05) is 47.0 Å². The van der Waals surface area contributed by atoms with Gasteiger partial charge in [-0.2, -0.15) is 0 Å². The van der Waals surface area contributed by atoms with Crippen molar-refractivity contribution in [2.24, 2.45) is 46.8 Å². The van der Waals surface area contributed by atoms with Crippen LogP contribution in [0.25, 0.3) is 0 Å². The summed E-state index contributed by atoms with van der Waals surface area (Å²) in [6.07, 6.45) is 10.3. The number of rotatable bonds is 5. The standard InChI is InChI=1S/C27H49NO2/c1-17(2)8-7-9-18(3)21-10-11-22-25-23(16-28(6)27(21,22)5)26(4)13-12-20(29)14-19(26)15-24(25)30/h17-25,29-30H,7-16H2,1-6H3/t18-,19+,20-,21-,22?,23?,24-,25?,26+,27-/m1/s1. The van der Waals surface area contributed by atoms with Gasteiger partial charge in [0.1, 0.15) is 0 Å². The first kappa shape index (κ1) is 23.1. The smallest absolute Gasteiger partial charge is 0.0577 e. The first-order valence-electron chi connectivity index (χ1n) is 13.2. The molecule has 4 fully saturated rings. The Bertz CT molecular complexity index is 608. The van der Waals surface area contributed by atoms with Crippen LogP contribution in [-0.4, -0.2) is 46.5 Å². The van der Waals surface area contributed by atoms with Gasteiger partial charge in [0.15, 0.2) is 0 Å². The Balaban J connectivity index is 1.56. The van der Waals surface area contributed by atoms with Crippen molar-refractivity contribution < 1.29 is 10.2 Å². The van der Waals surface area contributed by atoms with Gasteiger partial charge in [0, 0.05) is 12.1 Å². The molecular weight excluding hydrogens is 370 g/mol. The minimum atomic E-state index is -0.175. The lowest BCUT2D eigenvalue weighted by molar-refractivity contribution is -0.190. The van der Waals surface area contributed by atoms with Gasteiger partial charge in [-0.3, -0.25) is 0 Å². The average molecular weight is 420 g/mol. The van der Waals surface area contributed by atoms with Crippen LogP contribution in [0, 0.1) is 46.8 Å². The summed E-state index contributed by atoms with van der Waals surface area (Å²) in [5.74, 6) is 4.48. The lowest BCUT2D eigenvalue weighted by atomic mass is 9.47.